The summed E-state index contributed by atoms with van der Waals surface area (Å²) in [5, 5.41) is 3.91. The average molecular weight is 411 g/mol. The normalized spacial score (nSPS) is 15.6. The van der Waals surface area contributed by atoms with Crippen molar-refractivity contribution >= 4 is 34.2 Å². The molecule has 3 rings (SSSR count). The molecule has 1 aliphatic heterocycles. The largest absolute Gasteiger partial charge is 0.349 e. The molecule has 0 bridgehead atoms. The fourth-order valence-electron chi connectivity index (χ4n) is 3.08. The second-order valence-electron chi connectivity index (χ2n) is 7.63. The van der Waals surface area contributed by atoms with Crippen molar-refractivity contribution in [3.63, 3.8) is 0 Å². The summed E-state index contributed by atoms with van der Waals surface area (Å²) < 4.78 is 0. The van der Waals surface area contributed by atoms with E-state index in [1.165, 1.54) is 17.3 Å². The number of likely N-dealkylation sites (N-methyl/N-ethyl adjacent to an activating group) is 1. The van der Waals surface area contributed by atoms with Gasteiger partial charge in [-0.05, 0) is 42.8 Å². The van der Waals surface area contributed by atoms with Gasteiger partial charge in [-0.15, -0.1) is 0 Å². The molecule has 0 atom stereocenters. The molecule has 0 aliphatic carbocycles. The van der Waals surface area contributed by atoms with Crippen LogP contribution >= 0.6 is 11.8 Å². The number of nitrogens with zero attached hydrogens (tertiary/aromatic N) is 3. The van der Waals surface area contributed by atoms with E-state index in [9.17, 15) is 4.79 Å². The summed E-state index contributed by atoms with van der Waals surface area (Å²) in [5.41, 5.74) is 3.02. The molecule has 2 aromatic carbocycles. The second-order valence-corrected chi connectivity index (χ2v) is 8.58. The van der Waals surface area contributed by atoms with Crippen molar-refractivity contribution < 1.29 is 4.79 Å². The molecule has 0 aromatic heterocycles. The highest BCUT2D eigenvalue weighted by molar-refractivity contribution is 8.14. The van der Waals surface area contributed by atoms with Crippen LogP contribution in [0.2, 0.25) is 0 Å². The third-order valence-corrected chi connectivity index (χ3v) is 5.96. The summed E-state index contributed by atoms with van der Waals surface area (Å²) in [6, 6.07) is 18.0. The second kappa shape index (κ2) is 10.5. The number of rotatable bonds is 5. The lowest BCUT2D eigenvalue weighted by Gasteiger charge is -2.34. The highest BCUT2D eigenvalue weighted by Gasteiger charge is 2.19. The van der Waals surface area contributed by atoms with Crippen molar-refractivity contribution in [1.29, 1.82) is 0 Å². The van der Waals surface area contributed by atoms with E-state index in [4.69, 9.17) is 4.99 Å². The Labute approximate surface area is 178 Å². The number of amides is 1. The van der Waals surface area contributed by atoms with Gasteiger partial charge in [-0.1, -0.05) is 55.9 Å². The minimum atomic E-state index is -0.0119. The third-order valence-electron chi connectivity index (χ3n) is 4.95. The maximum Gasteiger partial charge on any atom is 0.234 e. The first-order valence-electron chi connectivity index (χ1n) is 10.1. The number of anilines is 1. The van der Waals surface area contributed by atoms with E-state index in [0.717, 1.165) is 42.7 Å². The van der Waals surface area contributed by atoms with Gasteiger partial charge in [-0.2, -0.15) is 0 Å². The van der Waals surface area contributed by atoms with Crippen molar-refractivity contribution in [2.75, 3.05) is 44.3 Å². The van der Waals surface area contributed by atoms with E-state index in [1.807, 2.05) is 42.5 Å². The van der Waals surface area contributed by atoms with Crippen molar-refractivity contribution in [1.82, 2.24) is 9.80 Å². The molecule has 1 saturated heterocycles. The Balaban J connectivity index is 1.63. The van der Waals surface area contributed by atoms with Gasteiger partial charge in [0.2, 0.25) is 5.91 Å². The Hall–Kier alpha value is -2.31. The van der Waals surface area contributed by atoms with Crippen LogP contribution in [-0.2, 0) is 4.79 Å². The molecule has 2 aromatic rings. The van der Waals surface area contributed by atoms with Crippen LogP contribution in [-0.4, -0.2) is 59.9 Å². The van der Waals surface area contributed by atoms with Gasteiger partial charge in [0, 0.05) is 31.9 Å². The molecular formula is C23H30N4OS. The zero-order chi connectivity index (χ0) is 20.6. The van der Waals surface area contributed by atoms with Crippen molar-refractivity contribution in [2.24, 2.45) is 4.99 Å². The first-order chi connectivity index (χ1) is 14.0. The zero-order valence-corrected chi connectivity index (χ0v) is 18.3. The molecule has 154 valence electrons. The summed E-state index contributed by atoms with van der Waals surface area (Å²) >= 11 is 1.50. The predicted molar refractivity (Wildman–Crippen MR) is 124 cm³/mol. The monoisotopic (exact) mass is 410 g/mol. The van der Waals surface area contributed by atoms with E-state index in [0.29, 0.717) is 11.7 Å². The zero-order valence-electron chi connectivity index (χ0n) is 17.5. The van der Waals surface area contributed by atoms with E-state index in [2.05, 4.69) is 48.1 Å². The van der Waals surface area contributed by atoms with Gasteiger partial charge in [-0.3, -0.25) is 4.79 Å². The highest BCUT2D eigenvalue weighted by Crippen LogP contribution is 2.20. The number of carbonyl (C=O) groups is 1. The van der Waals surface area contributed by atoms with Crippen LogP contribution in [0.1, 0.15) is 25.3 Å². The number of hydrogen-bond donors (Lipinski definition) is 1. The summed E-state index contributed by atoms with van der Waals surface area (Å²) in [7, 11) is 2.14. The molecule has 0 unspecified atom stereocenters. The Kier molecular flexibility index (Phi) is 7.72. The Bertz CT molecular complexity index is 813. The number of nitrogens with one attached hydrogen (secondary N) is 1. The van der Waals surface area contributed by atoms with Gasteiger partial charge in [0.25, 0.3) is 0 Å². The van der Waals surface area contributed by atoms with Crippen molar-refractivity contribution in [3.8, 4) is 0 Å². The topological polar surface area (TPSA) is 47.9 Å². The molecular weight excluding hydrogens is 380 g/mol. The highest BCUT2D eigenvalue weighted by atomic mass is 32.2. The van der Waals surface area contributed by atoms with Gasteiger partial charge in [-0.25, -0.2) is 4.99 Å². The fraction of sp³-hybridized carbons (Fsp3) is 0.391. The molecule has 1 N–H and O–H groups in total. The van der Waals surface area contributed by atoms with Crippen LogP contribution in [0.25, 0.3) is 0 Å². The van der Waals surface area contributed by atoms with Crippen LogP contribution in [0, 0.1) is 0 Å². The van der Waals surface area contributed by atoms with Gasteiger partial charge in [0.1, 0.15) is 0 Å². The van der Waals surface area contributed by atoms with E-state index < -0.39 is 0 Å². The number of thioether (sulfide) groups is 1. The van der Waals surface area contributed by atoms with Gasteiger partial charge in [0.15, 0.2) is 5.17 Å². The first-order valence-corrected chi connectivity index (χ1v) is 11.1. The number of para-hydroxylation sites is 1. The Morgan fingerprint density at radius 1 is 1.03 bits per heavy atom. The Morgan fingerprint density at radius 2 is 1.69 bits per heavy atom. The first kappa shape index (κ1) is 21.4. The van der Waals surface area contributed by atoms with Crippen LogP contribution in [0.5, 0.6) is 0 Å². The van der Waals surface area contributed by atoms with E-state index >= 15 is 0 Å². The van der Waals surface area contributed by atoms with Crippen LogP contribution in [0.4, 0.5) is 11.4 Å². The van der Waals surface area contributed by atoms with Crippen LogP contribution in [0.15, 0.2) is 59.6 Å². The molecule has 0 saturated carbocycles. The number of amidine groups is 1. The lowest BCUT2D eigenvalue weighted by Crippen LogP contribution is -2.46. The van der Waals surface area contributed by atoms with Crippen LogP contribution in [0.3, 0.4) is 0 Å². The van der Waals surface area contributed by atoms with Crippen molar-refractivity contribution in [2.45, 2.75) is 19.8 Å². The number of carbonyl (C=O) groups excluding carboxylic acids is 1. The van der Waals surface area contributed by atoms with Gasteiger partial charge < -0.3 is 15.1 Å². The van der Waals surface area contributed by atoms with E-state index in [-0.39, 0.29) is 5.91 Å². The number of aliphatic imine (C=N–C) groups is 1. The van der Waals surface area contributed by atoms with Crippen molar-refractivity contribution in [3.05, 3.63) is 60.2 Å². The van der Waals surface area contributed by atoms with E-state index in [1.54, 1.807) is 0 Å². The minimum absolute atomic E-state index is 0.0119. The third kappa shape index (κ3) is 6.61. The summed E-state index contributed by atoms with van der Waals surface area (Å²) in [4.78, 5) is 21.9. The van der Waals surface area contributed by atoms with Crippen LogP contribution < -0.4 is 5.32 Å². The lowest BCUT2D eigenvalue weighted by atomic mass is 10.0. The standard InChI is InChI=1S/C23H30N4OS/c1-18(2)19-9-11-21(12-10-19)24-22(28)17-29-23(25-20-7-5-4-6-8-20)27-15-13-26(3)14-16-27/h4-12,18H,13-17H2,1-3H3,(H,24,28). The average Bonchev–Trinajstić information content (AvgIpc) is 2.73. The molecule has 6 heteroatoms. The maximum atomic E-state index is 12.5. The summed E-state index contributed by atoms with van der Waals surface area (Å²) in [6.07, 6.45) is 0. The SMILES string of the molecule is CC(C)c1ccc(NC(=O)CSC(=Nc2ccccc2)N2CCN(C)CC2)cc1. The van der Waals surface area contributed by atoms with Gasteiger partial charge in [0.05, 0.1) is 11.4 Å². The molecule has 1 heterocycles. The number of hydrogen-bond acceptors (Lipinski definition) is 4. The molecule has 29 heavy (non-hydrogen) atoms. The molecule has 1 fully saturated rings. The van der Waals surface area contributed by atoms with Gasteiger partial charge >= 0.3 is 0 Å². The molecule has 5 nitrogen and oxygen atoms in total. The Morgan fingerprint density at radius 3 is 2.31 bits per heavy atom. The minimum Gasteiger partial charge on any atom is -0.349 e. The fourth-order valence-corrected chi connectivity index (χ4v) is 3.95. The number of piperazine rings is 1. The lowest BCUT2D eigenvalue weighted by molar-refractivity contribution is -0.113. The summed E-state index contributed by atoms with van der Waals surface area (Å²) in [6.45, 7) is 8.18. The molecule has 0 spiro atoms. The molecule has 0 radical (unpaired) electrons. The summed E-state index contributed by atoms with van der Waals surface area (Å²) in [5.74, 6) is 0.807. The quantitative estimate of drug-likeness (QED) is 0.586. The smallest absolute Gasteiger partial charge is 0.234 e. The maximum absolute atomic E-state index is 12.5. The molecule has 1 aliphatic rings. The number of benzene rings is 2. The molecule has 1 amide bonds. The predicted octanol–water partition coefficient (Wildman–Crippen LogP) is 4.42.